The Morgan fingerprint density at radius 3 is 2.31 bits per heavy atom. The number of allylic oxidation sites excluding steroid dienone is 2. The molecule has 1 rings (SSSR count). The summed E-state index contributed by atoms with van der Waals surface area (Å²) in [6.07, 6.45) is 3.85. The SMILES string of the molecule is C/C=C/[C@@H](c1ccccc1)C(C)(C)C(=O)O. The molecule has 2 heteroatoms. The molecule has 0 aliphatic heterocycles. The van der Waals surface area contributed by atoms with E-state index >= 15 is 0 Å². The van der Waals surface area contributed by atoms with Gasteiger partial charge in [0.2, 0.25) is 0 Å². The molecule has 0 saturated carbocycles. The van der Waals surface area contributed by atoms with Gasteiger partial charge in [-0.25, -0.2) is 0 Å². The van der Waals surface area contributed by atoms with Crippen LogP contribution in [0, 0.1) is 5.41 Å². The molecule has 0 aromatic heterocycles. The van der Waals surface area contributed by atoms with Gasteiger partial charge < -0.3 is 5.11 Å². The Balaban J connectivity index is 3.15. The molecule has 0 amide bonds. The number of hydrogen-bond donors (Lipinski definition) is 1. The van der Waals surface area contributed by atoms with Gasteiger partial charge in [-0.05, 0) is 26.3 Å². The molecule has 0 spiro atoms. The Kier molecular flexibility index (Phi) is 3.88. The molecule has 0 bridgehead atoms. The van der Waals surface area contributed by atoms with Crippen LogP contribution in [0.1, 0.15) is 32.3 Å². The number of carboxylic acid groups (broad SMARTS) is 1. The standard InChI is InChI=1S/C14H18O2/c1-4-8-12(14(2,3)13(15)16)11-9-6-5-7-10-11/h4-10,12H,1-3H3,(H,15,16)/b8-4+/t12-/m0/s1. The first kappa shape index (κ1) is 12.5. The first-order chi connectivity index (χ1) is 7.50. The van der Waals surface area contributed by atoms with E-state index in [2.05, 4.69) is 0 Å². The highest BCUT2D eigenvalue weighted by atomic mass is 16.4. The number of carbonyl (C=O) groups is 1. The minimum atomic E-state index is -0.798. The van der Waals surface area contributed by atoms with Crippen LogP contribution < -0.4 is 0 Å². The second kappa shape index (κ2) is 4.97. The van der Waals surface area contributed by atoms with E-state index in [0.29, 0.717) is 0 Å². The van der Waals surface area contributed by atoms with Gasteiger partial charge in [-0.3, -0.25) is 4.79 Å². The Hall–Kier alpha value is -1.57. The summed E-state index contributed by atoms with van der Waals surface area (Å²) in [5.41, 5.74) is 0.237. The van der Waals surface area contributed by atoms with Crippen LogP contribution in [0.3, 0.4) is 0 Å². The summed E-state index contributed by atoms with van der Waals surface area (Å²) in [5.74, 6) is -0.879. The first-order valence-corrected chi connectivity index (χ1v) is 5.41. The molecule has 86 valence electrons. The Morgan fingerprint density at radius 1 is 1.31 bits per heavy atom. The molecule has 0 aliphatic carbocycles. The molecular formula is C14H18O2. The van der Waals surface area contributed by atoms with Crippen molar-refractivity contribution in [2.24, 2.45) is 5.41 Å². The smallest absolute Gasteiger partial charge is 0.310 e. The lowest BCUT2D eigenvalue weighted by molar-refractivity contribution is -0.147. The fourth-order valence-electron chi connectivity index (χ4n) is 1.75. The summed E-state index contributed by atoms with van der Waals surface area (Å²) in [6, 6.07) is 9.74. The van der Waals surface area contributed by atoms with E-state index in [1.165, 1.54) is 0 Å². The van der Waals surface area contributed by atoms with Crippen LogP contribution in [-0.2, 0) is 4.79 Å². The van der Waals surface area contributed by atoms with Crippen LogP contribution in [0.5, 0.6) is 0 Å². The number of aliphatic carboxylic acids is 1. The predicted molar refractivity (Wildman–Crippen MR) is 65.4 cm³/mol. The van der Waals surface area contributed by atoms with Gasteiger partial charge in [-0.2, -0.15) is 0 Å². The molecule has 0 unspecified atom stereocenters. The predicted octanol–water partition coefficient (Wildman–Crippen LogP) is 3.46. The number of carboxylic acids is 1. The van der Waals surface area contributed by atoms with Gasteiger partial charge in [0, 0.05) is 5.92 Å². The lowest BCUT2D eigenvalue weighted by Gasteiger charge is -2.28. The Bertz CT molecular complexity index is 377. The molecule has 1 N–H and O–H groups in total. The van der Waals surface area contributed by atoms with Crippen LogP contribution in [0.25, 0.3) is 0 Å². The zero-order valence-electron chi connectivity index (χ0n) is 9.97. The fraction of sp³-hybridized carbons (Fsp3) is 0.357. The molecule has 2 nitrogen and oxygen atoms in total. The summed E-state index contributed by atoms with van der Waals surface area (Å²) in [6.45, 7) is 5.42. The highest BCUT2D eigenvalue weighted by Gasteiger charge is 2.35. The van der Waals surface area contributed by atoms with E-state index in [-0.39, 0.29) is 5.92 Å². The molecule has 0 aliphatic rings. The molecule has 0 saturated heterocycles. The van der Waals surface area contributed by atoms with Crippen molar-refractivity contribution in [3.8, 4) is 0 Å². The van der Waals surface area contributed by atoms with E-state index in [1.807, 2.05) is 49.4 Å². The molecule has 0 heterocycles. The van der Waals surface area contributed by atoms with E-state index in [4.69, 9.17) is 0 Å². The van der Waals surface area contributed by atoms with Crippen molar-refractivity contribution in [3.63, 3.8) is 0 Å². The van der Waals surface area contributed by atoms with Crippen molar-refractivity contribution in [1.82, 2.24) is 0 Å². The molecule has 0 fully saturated rings. The second-order valence-corrected chi connectivity index (χ2v) is 4.44. The monoisotopic (exact) mass is 218 g/mol. The third-order valence-electron chi connectivity index (χ3n) is 2.87. The van der Waals surface area contributed by atoms with Gasteiger partial charge in [0.1, 0.15) is 0 Å². The van der Waals surface area contributed by atoms with Crippen molar-refractivity contribution in [3.05, 3.63) is 48.0 Å². The maximum absolute atomic E-state index is 11.3. The maximum atomic E-state index is 11.3. The molecule has 1 atom stereocenters. The minimum Gasteiger partial charge on any atom is -0.481 e. The summed E-state index contributed by atoms with van der Waals surface area (Å²) >= 11 is 0. The van der Waals surface area contributed by atoms with Crippen molar-refractivity contribution in [2.75, 3.05) is 0 Å². The third-order valence-corrected chi connectivity index (χ3v) is 2.87. The quantitative estimate of drug-likeness (QED) is 0.786. The van der Waals surface area contributed by atoms with Crippen molar-refractivity contribution in [1.29, 1.82) is 0 Å². The molecule has 1 aromatic carbocycles. The highest BCUT2D eigenvalue weighted by Crippen LogP contribution is 2.36. The summed E-state index contributed by atoms with van der Waals surface area (Å²) in [7, 11) is 0. The van der Waals surface area contributed by atoms with Gasteiger partial charge in [0.15, 0.2) is 0 Å². The van der Waals surface area contributed by atoms with Crippen LogP contribution in [0.15, 0.2) is 42.5 Å². The van der Waals surface area contributed by atoms with E-state index in [0.717, 1.165) is 5.56 Å². The van der Waals surface area contributed by atoms with Crippen LogP contribution in [0.4, 0.5) is 0 Å². The van der Waals surface area contributed by atoms with Gasteiger partial charge >= 0.3 is 5.97 Å². The molecule has 1 aromatic rings. The number of benzene rings is 1. The van der Waals surface area contributed by atoms with E-state index < -0.39 is 11.4 Å². The Morgan fingerprint density at radius 2 is 1.88 bits per heavy atom. The zero-order chi connectivity index (χ0) is 12.2. The third kappa shape index (κ3) is 2.51. The number of hydrogen-bond acceptors (Lipinski definition) is 1. The van der Waals surface area contributed by atoms with E-state index in [1.54, 1.807) is 13.8 Å². The molecule has 16 heavy (non-hydrogen) atoms. The number of rotatable bonds is 4. The van der Waals surface area contributed by atoms with Crippen molar-refractivity contribution in [2.45, 2.75) is 26.7 Å². The van der Waals surface area contributed by atoms with Gasteiger partial charge in [-0.1, -0.05) is 42.5 Å². The molecular weight excluding hydrogens is 200 g/mol. The average molecular weight is 218 g/mol. The minimum absolute atomic E-state index is 0.101. The van der Waals surface area contributed by atoms with Crippen molar-refractivity contribution < 1.29 is 9.90 Å². The van der Waals surface area contributed by atoms with E-state index in [9.17, 15) is 9.90 Å². The van der Waals surface area contributed by atoms with Gasteiger partial charge in [0.25, 0.3) is 0 Å². The highest BCUT2D eigenvalue weighted by molar-refractivity contribution is 5.75. The van der Waals surface area contributed by atoms with Crippen LogP contribution in [0.2, 0.25) is 0 Å². The first-order valence-electron chi connectivity index (χ1n) is 5.41. The summed E-state index contributed by atoms with van der Waals surface area (Å²) in [5, 5.41) is 9.27. The summed E-state index contributed by atoms with van der Waals surface area (Å²) < 4.78 is 0. The largest absolute Gasteiger partial charge is 0.481 e. The van der Waals surface area contributed by atoms with Gasteiger partial charge in [0.05, 0.1) is 5.41 Å². The lowest BCUT2D eigenvalue weighted by atomic mass is 9.75. The van der Waals surface area contributed by atoms with Crippen molar-refractivity contribution >= 4 is 5.97 Å². The van der Waals surface area contributed by atoms with Gasteiger partial charge in [-0.15, -0.1) is 0 Å². The average Bonchev–Trinajstić information content (AvgIpc) is 2.26. The summed E-state index contributed by atoms with van der Waals surface area (Å²) in [4.78, 5) is 11.3. The molecule has 0 radical (unpaired) electrons. The maximum Gasteiger partial charge on any atom is 0.310 e. The second-order valence-electron chi connectivity index (χ2n) is 4.44. The van der Waals surface area contributed by atoms with Crippen LogP contribution in [-0.4, -0.2) is 11.1 Å². The topological polar surface area (TPSA) is 37.3 Å². The Labute approximate surface area is 96.6 Å². The fourth-order valence-corrected chi connectivity index (χ4v) is 1.75. The normalized spacial score (nSPS) is 13.9. The zero-order valence-corrected chi connectivity index (χ0v) is 9.97. The van der Waals surface area contributed by atoms with Crippen LogP contribution >= 0.6 is 0 Å². The lowest BCUT2D eigenvalue weighted by Crippen LogP contribution is -2.30.